The van der Waals surface area contributed by atoms with E-state index >= 15 is 0 Å². The molecular weight excluding hydrogens is 128 g/mol. The molecule has 0 aromatic heterocycles. The van der Waals surface area contributed by atoms with Crippen LogP contribution in [0.25, 0.3) is 0 Å². The largest absolute Gasteiger partial charge is 0.303 e. The molecular formula is C8H14O2. The maximum atomic E-state index is 10.2. The zero-order valence-electron chi connectivity index (χ0n) is 6.54. The number of hydrogen-bond donors (Lipinski definition) is 0. The molecule has 0 rings (SSSR count). The van der Waals surface area contributed by atoms with Crippen molar-refractivity contribution in [1.82, 2.24) is 0 Å². The first-order valence-electron chi connectivity index (χ1n) is 3.61. The molecule has 2 atom stereocenters. The second-order valence-electron chi connectivity index (χ2n) is 2.72. The summed E-state index contributed by atoms with van der Waals surface area (Å²) in [5.74, 6) is 0.419. The normalized spacial score (nSPS) is 15.8. The number of aldehydes is 2. The van der Waals surface area contributed by atoms with Gasteiger partial charge < -0.3 is 9.59 Å². The van der Waals surface area contributed by atoms with Crippen molar-refractivity contribution < 1.29 is 9.59 Å². The molecule has 0 aromatic carbocycles. The lowest BCUT2D eigenvalue weighted by molar-refractivity contribution is -0.112. The van der Waals surface area contributed by atoms with Gasteiger partial charge in [0.2, 0.25) is 0 Å². The molecule has 0 aliphatic heterocycles. The second kappa shape index (κ2) is 5.15. The van der Waals surface area contributed by atoms with Gasteiger partial charge in [0.25, 0.3) is 0 Å². The van der Waals surface area contributed by atoms with Gasteiger partial charge in [-0.05, 0) is 12.3 Å². The molecule has 58 valence electrons. The van der Waals surface area contributed by atoms with Gasteiger partial charge in [-0.3, -0.25) is 0 Å². The highest BCUT2D eigenvalue weighted by Crippen LogP contribution is 2.13. The average Bonchev–Trinajstić information content (AvgIpc) is 1.98. The zero-order chi connectivity index (χ0) is 7.98. The van der Waals surface area contributed by atoms with E-state index in [-0.39, 0.29) is 5.92 Å². The molecule has 10 heavy (non-hydrogen) atoms. The Kier molecular flexibility index (Phi) is 4.81. The van der Waals surface area contributed by atoms with Gasteiger partial charge in [-0.2, -0.15) is 0 Å². The fourth-order valence-electron chi connectivity index (χ4n) is 0.728. The molecule has 2 unspecified atom stereocenters. The van der Waals surface area contributed by atoms with Crippen LogP contribution in [0.4, 0.5) is 0 Å². The van der Waals surface area contributed by atoms with E-state index in [2.05, 4.69) is 0 Å². The first-order chi connectivity index (χ1) is 4.72. The van der Waals surface area contributed by atoms with E-state index in [0.717, 1.165) is 19.0 Å². The van der Waals surface area contributed by atoms with Gasteiger partial charge in [0, 0.05) is 12.3 Å². The van der Waals surface area contributed by atoms with Crippen LogP contribution in [0.3, 0.4) is 0 Å². The molecule has 0 amide bonds. The van der Waals surface area contributed by atoms with Gasteiger partial charge in [0.05, 0.1) is 0 Å². The minimum absolute atomic E-state index is 0.0833. The minimum Gasteiger partial charge on any atom is -0.303 e. The predicted molar refractivity (Wildman–Crippen MR) is 39.7 cm³/mol. The van der Waals surface area contributed by atoms with Crippen molar-refractivity contribution in [3.8, 4) is 0 Å². The highest BCUT2D eigenvalue weighted by Gasteiger charge is 2.09. The lowest BCUT2D eigenvalue weighted by atomic mass is 9.93. The predicted octanol–water partition coefficient (Wildman–Crippen LogP) is 1.44. The van der Waals surface area contributed by atoms with Crippen LogP contribution in [0.2, 0.25) is 0 Å². The van der Waals surface area contributed by atoms with Gasteiger partial charge in [-0.15, -0.1) is 0 Å². The summed E-state index contributed by atoms with van der Waals surface area (Å²) in [4.78, 5) is 20.2. The fraction of sp³-hybridized carbons (Fsp3) is 0.750. The summed E-state index contributed by atoms with van der Waals surface area (Å²) < 4.78 is 0. The van der Waals surface area contributed by atoms with Crippen LogP contribution in [0.15, 0.2) is 0 Å². The molecule has 0 aromatic rings. The van der Waals surface area contributed by atoms with E-state index in [1.165, 1.54) is 0 Å². The lowest BCUT2D eigenvalue weighted by Gasteiger charge is -2.11. The molecule has 0 aliphatic carbocycles. The Balaban J connectivity index is 3.49. The van der Waals surface area contributed by atoms with E-state index in [1.54, 1.807) is 0 Å². The lowest BCUT2D eigenvalue weighted by Crippen LogP contribution is -2.08. The van der Waals surface area contributed by atoms with E-state index in [1.807, 2.05) is 13.8 Å². The minimum atomic E-state index is 0.0833. The molecule has 0 heterocycles. The Morgan fingerprint density at radius 2 is 1.90 bits per heavy atom. The molecule has 0 bridgehead atoms. The van der Waals surface area contributed by atoms with Gasteiger partial charge in [0.1, 0.15) is 12.6 Å². The molecule has 0 saturated carbocycles. The Bertz CT molecular complexity index is 110. The smallest absolute Gasteiger partial charge is 0.123 e. The fourth-order valence-corrected chi connectivity index (χ4v) is 0.728. The molecule has 0 radical (unpaired) electrons. The summed E-state index contributed by atoms with van der Waals surface area (Å²) in [6.07, 6.45) is 3.23. The highest BCUT2D eigenvalue weighted by atomic mass is 16.1. The van der Waals surface area contributed by atoms with Crippen molar-refractivity contribution in [1.29, 1.82) is 0 Å². The molecule has 0 saturated heterocycles. The SMILES string of the molecule is CC(C=O)C(C)CCC=O. The van der Waals surface area contributed by atoms with Crippen LogP contribution in [0, 0.1) is 11.8 Å². The van der Waals surface area contributed by atoms with Crippen LogP contribution in [0.1, 0.15) is 26.7 Å². The molecule has 2 heteroatoms. The van der Waals surface area contributed by atoms with Crippen LogP contribution >= 0.6 is 0 Å². The molecule has 0 N–H and O–H groups in total. The summed E-state index contributed by atoms with van der Waals surface area (Å²) in [6.45, 7) is 3.87. The Morgan fingerprint density at radius 1 is 1.30 bits per heavy atom. The number of hydrogen-bond acceptors (Lipinski definition) is 2. The first kappa shape index (κ1) is 9.34. The third-order valence-electron chi connectivity index (χ3n) is 1.85. The quantitative estimate of drug-likeness (QED) is 0.544. The van der Waals surface area contributed by atoms with Crippen LogP contribution < -0.4 is 0 Å². The second-order valence-corrected chi connectivity index (χ2v) is 2.72. The number of carbonyl (C=O) groups is 2. The van der Waals surface area contributed by atoms with E-state index in [9.17, 15) is 9.59 Å². The molecule has 2 nitrogen and oxygen atoms in total. The van der Waals surface area contributed by atoms with Crippen molar-refractivity contribution in [2.24, 2.45) is 11.8 Å². The Hall–Kier alpha value is -0.660. The number of carbonyl (C=O) groups excluding carboxylic acids is 2. The average molecular weight is 142 g/mol. The topological polar surface area (TPSA) is 34.1 Å². The van der Waals surface area contributed by atoms with Gasteiger partial charge in [-0.25, -0.2) is 0 Å². The maximum Gasteiger partial charge on any atom is 0.123 e. The van der Waals surface area contributed by atoms with Gasteiger partial charge in [0.15, 0.2) is 0 Å². The summed E-state index contributed by atoms with van der Waals surface area (Å²) >= 11 is 0. The summed E-state index contributed by atoms with van der Waals surface area (Å²) in [5.41, 5.74) is 0. The van der Waals surface area contributed by atoms with E-state index < -0.39 is 0 Å². The highest BCUT2D eigenvalue weighted by molar-refractivity contribution is 5.53. The third kappa shape index (κ3) is 3.38. The Labute approximate surface area is 61.6 Å². The summed E-state index contributed by atoms with van der Waals surface area (Å²) in [7, 11) is 0. The van der Waals surface area contributed by atoms with Crippen LogP contribution in [-0.4, -0.2) is 12.6 Å². The van der Waals surface area contributed by atoms with Crippen molar-refractivity contribution in [3.63, 3.8) is 0 Å². The molecule has 0 spiro atoms. The maximum absolute atomic E-state index is 10.2. The van der Waals surface area contributed by atoms with Crippen molar-refractivity contribution >= 4 is 12.6 Å². The molecule has 0 aliphatic rings. The van der Waals surface area contributed by atoms with Crippen LogP contribution in [0.5, 0.6) is 0 Å². The summed E-state index contributed by atoms with van der Waals surface area (Å²) in [5, 5.41) is 0. The van der Waals surface area contributed by atoms with Crippen molar-refractivity contribution in [2.45, 2.75) is 26.7 Å². The third-order valence-corrected chi connectivity index (χ3v) is 1.85. The van der Waals surface area contributed by atoms with E-state index in [4.69, 9.17) is 0 Å². The zero-order valence-corrected chi connectivity index (χ0v) is 6.54. The van der Waals surface area contributed by atoms with Gasteiger partial charge in [-0.1, -0.05) is 13.8 Å². The standard InChI is InChI=1S/C8H14O2/c1-7(4-3-5-9)8(2)6-10/h5-8H,3-4H2,1-2H3. The molecule has 0 fully saturated rings. The number of rotatable bonds is 5. The summed E-state index contributed by atoms with van der Waals surface area (Å²) in [6, 6.07) is 0. The monoisotopic (exact) mass is 142 g/mol. The first-order valence-corrected chi connectivity index (χ1v) is 3.61. The van der Waals surface area contributed by atoms with Crippen molar-refractivity contribution in [3.05, 3.63) is 0 Å². The van der Waals surface area contributed by atoms with E-state index in [0.29, 0.717) is 12.3 Å². The van der Waals surface area contributed by atoms with Crippen LogP contribution in [-0.2, 0) is 9.59 Å². The van der Waals surface area contributed by atoms with Gasteiger partial charge >= 0.3 is 0 Å². The van der Waals surface area contributed by atoms with Crippen molar-refractivity contribution in [2.75, 3.05) is 0 Å². The Morgan fingerprint density at radius 3 is 2.30 bits per heavy atom.